The fourth-order valence-electron chi connectivity index (χ4n) is 1.86. The minimum Gasteiger partial charge on any atom is -0.304 e. The predicted molar refractivity (Wildman–Crippen MR) is 39.0 cm³/mol. The number of rotatable bonds is 0. The Kier molecular flexibility index (Phi) is 0.722. The quantitative estimate of drug-likeness (QED) is 0.527. The van der Waals surface area contributed by atoms with Crippen LogP contribution < -0.4 is 5.43 Å². The molecule has 0 radical (unpaired) electrons. The molecule has 0 amide bonds. The summed E-state index contributed by atoms with van der Waals surface area (Å²) in [6, 6.07) is 0.762. The molecule has 0 bridgehead atoms. The Bertz CT molecular complexity index is 240. The molecule has 3 rings (SSSR count). The highest BCUT2D eigenvalue weighted by atomic mass is 15.6. The fourth-order valence-corrected chi connectivity index (χ4v) is 1.86. The molecule has 1 N–H and O–H groups in total. The summed E-state index contributed by atoms with van der Waals surface area (Å²) in [5, 5.41) is 2.33. The van der Waals surface area contributed by atoms with E-state index in [4.69, 9.17) is 0 Å². The van der Waals surface area contributed by atoms with E-state index >= 15 is 0 Å². The van der Waals surface area contributed by atoms with E-state index in [1.165, 1.54) is 24.1 Å². The largest absolute Gasteiger partial charge is 0.304 e. The molecule has 1 fully saturated rings. The van der Waals surface area contributed by atoms with Crippen LogP contribution in [0.15, 0.2) is 23.4 Å². The van der Waals surface area contributed by atoms with E-state index in [1.807, 2.05) is 0 Å². The molecule has 2 heterocycles. The van der Waals surface area contributed by atoms with E-state index in [0.717, 1.165) is 12.6 Å². The van der Waals surface area contributed by atoms with Gasteiger partial charge in [-0.15, -0.1) is 0 Å². The third-order valence-electron chi connectivity index (χ3n) is 2.50. The van der Waals surface area contributed by atoms with Crippen LogP contribution in [0.3, 0.4) is 0 Å². The molecule has 2 heteroatoms. The summed E-state index contributed by atoms with van der Waals surface area (Å²) in [5.41, 5.74) is 6.28. The monoisotopic (exact) mass is 134 g/mol. The van der Waals surface area contributed by atoms with Crippen molar-refractivity contribution >= 4 is 0 Å². The van der Waals surface area contributed by atoms with Crippen molar-refractivity contribution in [3.8, 4) is 0 Å². The van der Waals surface area contributed by atoms with Gasteiger partial charge in [0.2, 0.25) is 0 Å². The van der Waals surface area contributed by atoms with Crippen molar-refractivity contribution in [3.05, 3.63) is 23.4 Å². The van der Waals surface area contributed by atoms with E-state index in [-0.39, 0.29) is 0 Å². The molecular formula is C8H10N2. The van der Waals surface area contributed by atoms with Crippen LogP contribution in [0.25, 0.3) is 0 Å². The van der Waals surface area contributed by atoms with Crippen molar-refractivity contribution in [1.82, 2.24) is 10.4 Å². The second-order valence-corrected chi connectivity index (χ2v) is 3.15. The van der Waals surface area contributed by atoms with Gasteiger partial charge in [0.15, 0.2) is 0 Å². The topological polar surface area (TPSA) is 15.3 Å². The number of nitrogens with one attached hydrogen (secondary N) is 1. The van der Waals surface area contributed by atoms with Crippen LogP contribution in [-0.4, -0.2) is 17.6 Å². The Balaban J connectivity index is 1.98. The SMILES string of the molecule is C1=C2C=C2N2NCCC2C1. The molecule has 2 aliphatic heterocycles. The maximum absolute atomic E-state index is 3.37. The zero-order valence-electron chi connectivity index (χ0n) is 5.80. The lowest BCUT2D eigenvalue weighted by atomic mass is 10.1. The average Bonchev–Trinajstić information content (AvgIpc) is 2.60. The zero-order chi connectivity index (χ0) is 6.55. The first-order valence-corrected chi connectivity index (χ1v) is 3.90. The smallest absolute Gasteiger partial charge is 0.0599 e. The van der Waals surface area contributed by atoms with Crippen LogP contribution in [0.5, 0.6) is 0 Å². The Hall–Kier alpha value is -0.760. The minimum absolute atomic E-state index is 0.762. The van der Waals surface area contributed by atoms with Crippen LogP contribution in [0, 0.1) is 0 Å². The van der Waals surface area contributed by atoms with Crippen LogP contribution in [-0.2, 0) is 0 Å². The Morgan fingerprint density at radius 2 is 2.60 bits per heavy atom. The average molecular weight is 134 g/mol. The molecule has 10 heavy (non-hydrogen) atoms. The summed E-state index contributed by atoms with van der Waals surface area (Å²) in [7, 11) is 0. The van der Waals surface area contributed by atoms with E-state index in [0.29, 0.717) is 0 Å². The van der Waals surface area contributed by atoms with Crippen molar-refractivity contribution in [2.75, 3.05) is 6.54 Å². The number of fused-ring (bicyclic) bond motifs is 3. The Morgan fingerprint density at radius 1 is 1.60 bits per heavy atom. The first-order chi connectivity index (χ1) is 4.95. The number of hydrogen-bond acceptors (Lipinski definition) is 2. The fraction of sp³-hybridized carbons (Fsp3) is 0.500. The summed E-state index contributed by atoms with van der Waals surface area (Å²) in [6.45, 7) is 1.16. The molecular weight excluding hydrogens is 124 g/mol. The molecule has 3 aliphatic rings. The van der Waals surface area contributed by atoms with E-state index in [2.05, 4.69) is 22.6 Å². The molecule has 2 nitrogen and oxygen atoms in total. The molecule has 0 aromatic rings. The lowest BCUT2D eigenvalue weighted by Gasteiger charge is -2.25. The van der Waals surface area contributed by atoms with Gasteiger partial charge in [0.25, 0.3) is 0 Å². The second kappa shape index (κ2) is 1.45. The lowest BCUT2D eigenvalue weighted by molar-refractivity contribution is 0.258. The number of hydrazine groups is 1. The highest BCUT2D eigenvalue weighted by molar-refractivity contribution is 5.57. The third-order valence-corrected chi connectivity index (χ3v) is 2.50. The van der Waals surface area contributed by atoms with Gasteiger partial charge in [0.05, 0.1) is 11.7 Å². The normalized spacial score (nSPS) is 34.4. The van der Waals surface area contributed by atoms with Gasteiger partial charge in [-0.3, -0.25) is 0 Å². The molecule has 1 saturated heterocycles. The van der Waals surface area contributed by atoms with Crippen molar-refractivity contribution in [3.63, 3.8) is 0 Å². The summed E-state index contributed by atoms with van der Waals surface area (Å²) in [4.78, 5) is 0. The van der Waals surface area contributed by atoms with Crippen molar-refractivity contribution < 1.29 is 0 Å². The van der Waals surface area contributed by atoms with Gasteiger partial charge < -0.3 is 5.01 Å². The molecule has 1 unspecified atom stereocenters. The van der Waals surface area contributed by atoms with Gasteiger partial charge in [0.1, 0.15) is 0 Å². The van der Waals surface area contributed by atoms with Crippen molar-refractivity contribution in [2.45, 2.75) is 18.9 Å². The maximum Gasteiger partial charge on any atom is 0.0599 e. The van der Waals surface area contributed by atoms with E-state index in [9.17, 15) is 0 Å². The van der Waals surface area contributed by atoms with Crippen LogP contribution in [0.2, 0.25) is 0 Å². The van der Waals surface area contributed by atoms with Crippen molar-refractivity contribution in [1.29, 1.82) is 0 Å². The third kappa shape index (κ3) is 0.480. The highest BCUT2D eigenvalue weighted by Crippen LogP contribution is 2.39. The first kappa shape index (κ1) is 4.97. The van der Waals surface area contributed by atoms with Crippen molar-refractivity contribution in [2.24, 2.45) is 0 Å². The molecule has 0 aromatic carbocycles. The van der Waals surface area contributed by atoms with Gasteiger partial charge in [-0.25, -0.2) is 5.43 Å². The lowest BCUT2D eigenvalue weighted by Crippen LogP contribution is -2.34. The van der Waals surface area contributed by atoms with E-state index in [1.54, 1.807) is 0 Å². The number of nitrogens with zero attached hydrogens (tertiary/aromatic N) is 1. The molecule has 0 saturated carbocycles. The molecule has 0 spiro atoms. The summed E-state index contributed by atoms with van der Waals surface area (Å²) >= 11 is 0. The maximum atomic E-state index is 3.37. The van der Waals surface area contributed by atoms with Gasteiger partial charge in [-0.05, 0) is 24.5 Å². The number of allylic oxidation sites excluding steroid dienone is 2. The van der Waals surface area contributed by atoms with Gasteiger partial charge in [0, 0.05) is 6.54 Å². The Labute approximate surface area is 60.2 Å². The summed E-state index contributed by atoms with van der Waals surface area (Å²) in [5.74, 6) is 0. The van der Waals surface area contributed by atoms with Gasteiger partial charge >= 0.3 is 0 Å². The molecule has 1 aliphatic carbocycles. The standard InChI is InChI=1S/C8H10N2/c1-2-7-3-4-9-10(7)8-5-6(1)8/h1,5,7,9H,2-4H2. The summed E-state index contributed by atoms with van der Waals surface area (Å²) in [6.07, 6.45) is 7.14. The molecule has 1 atom stereocenters. The first-order valence-electron chi connectivity index (χ1n) is 3.90. The van der Waals surface area contributed by atoms with Crippen LogP contribution in [0.4, 0.5) is 0 Å². The highest BCUT2D eigenvalue weighted by Gasteiger charge is 2.35. The van der Waals surface area contributed by atoms with Gasteiger partial charge in [-0.1, -0.05) is 6.08 Å². The predicted octanol–water partition coefficient (Wildman–Crippen LogP) is 0.793. The summed E-state index contributed by atoms with van der Waals surface area (Å²) < 4.78 is 0. The zero-order valence-corrected chi connectivity index (χ0v) is 5.80. The Morgan fingerprint density at radius 3 is 3.60 bits per heavy atom. The van der Waals surface area contributed by atoms with Crippen LogP contribution >= 0.6 is 0 Å². The van der Waals surface area contributed by atoms with E-state index < -0.39 is 0 Å². The van der Waals surface area contributed by atoms with Gasteiger partial charge in [-0.2, -0.15) is 0 Å². The molecule has 0 aromatic heterocycles. The molecule has 52 valence electrons. The van der Waals surface area contributed by atoms with Crippen LogP contribution in [0.1, 0.15) is 12.8 Å². The number of hydrogen-bond donors (Lipinski definition) is 1. The minimum atomic E-state index is 0.762. The second-order valence-electron chi connectivity index (χ2n) is 3.15.